The van der Waals surface area contributed by atoms with E-state index in [1.165, 1.54) is 9.87 Å². The number of nitrogens with zero attached hydrogens (tertiary/aromatic N) is 2. The Morgan fingerprint density at radius 2 is 2.17 bits per heavy atom. The first-order valence-electron chi connectivity index (χ1n) is 8.05. The van der Waals surface area contributed by atoms with Gasteiger partial charge in [-0.1, -0.05) is 6.92 Å². The normalized spacial score (nSPS) is 18.3. The van der Waals surface area contributed by atoms with Crippen molar-refractivity contribution in [3.63, 3.8) is 0 Å². The monoisotopic (exact) mass is 374 g/mol. The quantitative estimate of drug-likeness (QED) is 0.542. The van der Waals surface area contributed by atoms with Crippen LogP contribution in [0.3, 0.4) is 0 Å². The minimum atomic E-state index is -3.24. The van der Waals surface area contributed by atoms with Crippen molar-refractivity contribution >= 4 is 27.3 Å². The Hall–Kier alpha value is -1.16. The highest BCUT2D eigenvalue weighted by Crippen LogP contribution is 2.16. The lowest BCUT2D eigenvalue weighted by molar-refractivity contribution is 0.0730. The van der Waals surface area contributed by atoms with Crippen molar-refractivity contribution in [1.82, 2.24) is 14.9 Å². The first-order valence-corrected chi connectivity index (χ1v) is 10.6. The van der Waals surface area contributed by atoms with Gasteiger partial charge in [-0.15, -0.1) is 0 Å². The van der Waals surface area contributed by atoms with Gasteiger partial charge >= 0.3 is 0 Å². The second-order valence-electron chi connectivity index (χ2n) is 5.67. The summed E-state index contributed by atoms with van der Waals surface area (Å²) in [6.07, 6.45) is 0. The summed E-state index contributed by atoms with van der Waals surface area (Å²) >= 11 is 1.68. The Morgan fingerprint density at radius 1 is 1.42 bits per heavy atom. The summed E-state index contributed by atoms with van der Waals surface area (Å²) in [5, 5.41) is 10.5. The topological polar surface area (TPSA) is 83.0 Å². The molecule has 1 unspecified atom stereocenters. The minimum Gasteiger partial charge on any atom is -0.379 e. The summed E-state index contributed by atoms with van der Waals surface area (Å²) in [5.41, 5.74) is 1.29. The standard InChI is InChI=1S/C15H26N4O3S2/c1-13(14-3-9-23-12-14)11-18-15(16-2)17-4-10-24(20,21)19-5-7-22-8-6-19/h3,9,12-13H,4-8,10-11H2,1-2H3,(H2,16,17,18). The summed E-state index contributed by atoms with van der Waals surface area (Å²) in [6, 6.07) is 2.11. The Balaban J connectivity index is 1.73. The second-order valence-corrected chi connectivity index (χ2v) is 8.53. The molecule has 1 aromatic rings. The van der Waals surface area contributed by atoms with Crippen molar-refractivity contribution in [3.8, 4) is 0 Å². The number of hydrogen-bond donors (Lipinski definition) is 2. The predicted molar refractivity (Wildman–Crippen MR) is 98.3 cm³/mol. The highest BCUT2D eigenvalue weighted by Gasteiger charge is 2.23. The van der Waals surface area contributed by atoms with Crippen molar-refractivity contribution in [1.29, 1.82) is 0 Å². The lowest BCUT2D eigenvalue weighted by Gasteiger charge is -2.26. The van der Waals surface area contributed by atoms with E-state index in [-0.39, 0.29) is 5.75 Å². The van der Waals surface area contributed by atoms with Crippen LogP contribution in [-0.4, -0.2) is 70.9 Å². The maximum Gasteiger partial charge on any atom is 0.215 e. The average molecular weight is 375 g/mol. The van der Waals surface area contributed by atoms with E-state index in [1.54, 1.807) is 18.4 Å². The van der Waals surface area contributed by atoms with E-state index in [9.17, 15) is 8.42 Å². The number of thiophene rings is 1. The minimum absolute atomic E-state index is 0.0494. The number of sulfonamides is 1. The van der Waals surface area contributed by atoms with E-state index in [2.05, 4.69) is 39.4 Å². The lowest BCUT2D eigenvalue weighted by Crippen LogP contribution is -2.45. The maximum atomic E-state index is 12.2. The molecule has 1 atom stereocenters. The smallest absolute Gasteiger partial charge is 0.215 e. The Bertz CT molecular complexity index is 611. The molecule has 1 aromatic heterocycles. The molecule has 1 aliphatic heterocycles. The van der Waals surface area contributed by atoms with Crippen molar-refractivity contribution in [2.45, 2.75) is 12.8 Å². The van der Waals surface area contributed by atoms with Gasteiger partial charge in [0.25, 0.3) is 0 Å². The van der Waals surface area contributed by atoms with Gasteiger partial charge in [-0.25, -0.2) is 8.42 Å². The third kappa shape index (κ3) is 5.73. The van der Waals surface area contributed by atoms with E-state index < -0.39 is 10.0 Å². The van der Waals surface area contributed by atoms with E-state index in [0.29, 0.717) is 44.7 Å². The van der Waals surface area contributed by atoms with E-state index in [1.807, 2.05) is 0 Å². The Morgan fingerprint density at radius 3 is 2.79 bits per heavy atom. The molecule has 0 aromatic carbocycles. The first kappa shape index (κ1) is 19.2. The molecule has 1 fully saturated rings. The number of nitrogens with one attached hydrogen (secondary N) is 2. The number of guanidine groups is 1. The van der Waals surface area contributed by atoms with Crippen LogP contribution >= 0.6 is 11.3 Å². The Kier molecular flexibility index (Phi) is 7.47. The van der Waals surface area contributed by atoms with Gasteiger partial charge in [0, 0.05) is 33.2 Å². The molecule has 0 spiro atoms. The van der Waals surface area contributed by atoms with Gasteiger partial charge in [0.05, 0.1) is 19.0 Å². The predicted octanol–water partition coefficient (Wildman–Crippen LogP) is 0.679. The van der Waals surface area contributed by atoms with Gasteiger partial charge in [-0.3, -0.25) is 4.99 Å². The van der Waals surface area contributed by atoms with Gasteiger partial charge < -0.3 is 15.4 Å². The fourth-order valence-electron chi connectivity index (χ4n) is 2.40. The number of ether oxygens (including phenoxy) is 1. The summed E-state index contributed by atoms with van der Waals surface area (Å²) in [4.78, 5) is 4.14. The molecule has 0 saturated carbocycles. The van der Waals surface area contributed by atoms with Crippen LogP contribution in [-0.2, 0) is 14.8 Å². The molecule has 0 radical (unpaired) electrons. The van der Waals surface area contributed by atoms with Crippen LogP contribution in [0.25, 0.3) is 0 Å². The van der Waals surface area contributed by atoms with Crippen LogP contribution < -0.4 is 10.6 Å². The largest absolute Gasteiger partial charge is 0.379 e. The maximum absolute atomic E-state index is 12.2. The molecular formula is C15H26N4O3S2. The molecule has 2 N–H and O–H groups in total. The zero-order chi connectivity index (χ0) is 17.4. The number of morpholine rings is 1. The molecule has 2 rings (SSSR count). The molecule has 1 aliphatic rings. The SMILES string of the molecule is CN=C(NCCS(=O)(=O)N1CCOCC1)NCC(C)c1ccsc1. The summed E-state index contributed by atoms with van der Waals surface area (Å²) < 4.78 is 31.2. The van der Waals surface area contributed by atoms with Crippen LogP contribution in [0, 0.1) is 0 Å². The van der Waals surface area contributed by atoms with Crippen LogP contribution in [0.15, 0.2) is 21.8 Å². The zero-order valence-electron chi connectivity index (χ0n) is 14.2. The summed E-state index contributed by atoms with van der Waals surface area (Å²) in [6.45, 7) is 5.03. The molecule has 2 heterocycles. The van der Waals surface area contributed by atoms with Crippen LogP contribution in [0.1, 0.15) is 18.4 Å². The zero-order valence-corrected chi connectivity index (χ0v) is 15.8. The highest BCUT2D eigenvalue weighted by atomic mass is 32.2. The Labute approximate surface area is 148 Å². The third-order valence-electron chi connectivity index (χ3n) is 3.93. The summed E-state index contributed by atoms with van der Waals surface area (Å²) in [7, 11) is -1.56. The van der Waals surface area contributed by atoms with Crippen LogP contribution in [0.2, 0.25) is 0 Å². The van der Waals surface area contributed by atoms with E-state index >= 15 is 0 Å². The number of hydrogen-bond acceptors (Lipinski definition) is 5. The van der Waals surface area contributed by atoms with Gasteiger partial charge in [0.15, 0.2) is 5.96 Å². The molecule has 0 aliphatic carbocycles. The fourth-order valence-corrected chi connectivity index (χ4v) is 4.50. The fraction of sp³-hybridized carbons (Fsp3) is 0.667. The molecule has 0 bridgehead atoms. The third-order valence-corrected chi connectivity index (χ3v) is 6.50. The van der Waals surface area contributed by atoms with Crippen LogP contribution in [0.4, 0.5) is 0 Å². The van der Waals surface area contributed by atoms with E-state index in [0.717, 1.165) is 6.54 Å². The van der Waals surface area contributed by atoms with Gasteiger partial charge in [0.1, 0.15) is 0 Å². The van der Waals surface area contributed by atoms with Gasteiger partial charge in [-0.2, -0.15) is 15.6 Å². The lowest BCUT2D eigenvalue weighted by atomic mass is 10.1. The van der Waals surface area contributed by atoms with Gasteiger partial charge in [0.2, 0.25) is 10.0 Å². The first-order chi connectivity index (χ1) is 11.5. The molecule has 24 heavy (non-hydrogen) atoms. The second kappa shape index (κ2) is 9.36. The van der Waals surface area contributed by atoms with Crippen molar-refractivity contribution in [2.75, 3.05) is 52.2 Å². The summed E-state index contributed by atoms with van der Waals surface area (Å²) in [5.74, 6) is 1.04. The number of aliphatic imine (C=N–C) groups is 1. The number of rotatable bonds is 7. The average Bonchev–Trinajstić information content (AvgIpc) is 3.13. The molecule has 136 valence electrons. The van der Waals surface area contributed by atoms with E-state index in [4.69, 9.17) is 4.74 Å². The molecule has 0 amide bonds. The van der Waals surface area contributed by atoms with Crippen molar-refractivity contribution < 1.29 is 13.2 Å². The van der Waals surface area contributed by atoms with Crippen molar-refractivity contribution in [3.05, 3.63) is 22.4 Å². The van der Waals surface area contributed by atoms with Crippen LogP contribution in [0.5, 0.6) is 0 Å². The van der Waals surface area contributed by atoms with Gasteiger partial charge in [-0.05, 0) is 28.3 Å². The molecule has 7 nitrogen and oxygen atoms in total. The highest BCUT2D eigenvalue weighted by molar-refractivity contribution is 7.89. The van der Waals surface area contributed by atoms with Crippen molar-refractivity contribution in [2.24, 2.45) is 4.99 Å². The molecule has 1 saturated heterocycles. The molecule has 9 heteroatoms. The molecular weight excluding hydrogens is 348 g/mol.